The number of nitrogens with one attached hydrogen (secondary N) is 1. The number of nitroso groups, excluding NO2 is 1. The van der Waals surface area contributed by atoms with Gasteiger partial charge in [-0.2, -0.15) is 4.91 Å². The smallest absolute Gasteiger partial charge is 0.179 e. The van der Waals surface area contributed by atoms with Gasteiger partial charge in [0.25, 0.3) is 0 Å². The van der Waals surface area contributed by atoms with E-state index in [4.69, 9.17) is 16.6 Å². The Kier molecular flexibility index (Phi) is 12.8. The minimum Gasteiger partial charge on any atom is -0.346 e. The zero-order chi connectivity index (χ0) is 33.6. The summed E-state index contributed by atoms with van der Waals surface area (Å²) in [5.41, 5.74) is 40.8. The van der Waals surface area contributed by atoms with Crippen LogP contribution in [0.5, 0.6) is 0 Å². The summed E-state index contributed by atoms with van der Waals surface area (Å²) in [6, 6.07) is 13.8. The van der Waals surface area contributed by atoms with E-state index in [0.717, 1.165) is 53.9 Å². The minimum atomic E-state index is -0.603. The second-order valence-electron chi connectivity index (χ2n) is 12.0. The maximum absolute atomic E-state index is 11.3. The summed E-state index contributed by atoms with van der Waals surface area (Å²) in [5, 5.41) is 22.2. The molecule has 2 aliphatic rings. The molecule has 1 saturated carbocycles. The predicted octanol–water partition coefficient (Wildman–Crippen LogP) is 9.42. The fourth-order valence-electron chi connectivity index (χ4n) is 6.60. The Balaban J connectivity index is 1.74. The molecule has 17 nitrogen and oxygen atoms in total. The van der Waals surface area contributed by atoms with Gasteiger partial charge in [-0.05, 0) is 101 Å². The Hall–Kier alpha value is -5.32. The molecule has 2 aromatic rings. The van der Waals surface area contributed by atoms with Gasteiger partial charge in [0.15, 0.2) is 6.29 Å². The average Bonchev–Trinajstić information content (AvgIpc) is 3.48. The first-order valence-corrected chi connectivity index (χ1v) is 15.9. The highest BCUT2D eigenvalue weighted by Crippen LogP contribution is 2.44. The van der Waals surface area contributed by atoms with Gasteiger partial charge >= 0.3 is 0 Å². The van der Waals surface area contributed by atoms with Gasteiger partial charge in [0.1, 0.15) is 6.17 Å². The Morgan fingerprint density at radius 1 is 0.979 bits per heavy atom. The minimum absolute atomic E-state index is 0.0214. The fourth-order valence-corrected chi connectivity index (χ4v) is 6.60. The molecule has 4 unspecified atom stereocenters. The largest absolute Gasteiger partial charge is 0.346 e. The number of rotatable bonds is 17. The van der Waals surface area contributed by atoms with Gasteiger partial charge in [-0.15, -0.1) is 0 Å². The molecule has 4 rings (SSSR count). The van der Waals surface area contributed by atoms with Crippen LogP contribution in [0.1, 0.15) is 69.4 Å². The molecule has 1 aliphatic heterocycles. The third-order valence-electron chi connectivity index (χ3n) is 9.02. The molecule has 6 atom stereocenters. The van der Waals surface area contributed by atoms with Crippen molar-refractivity contribution in [3.63, 3.8) is 0 Å². The summed E-state index contributed by atoms with van der Waals surface area (Å²) < 4.78 is 0. The molecule has 0 radical (unpaired) electrons. The van der Waals surface area contributed by atoms with Gasteiger partial charge in [-0.3, -0.25) is 0 Å². The van der Waals surface area contributed by atoms with E-state index in [-0.39, 0.29) is 24.4 Å². The molecule has 0 amide bonds. The maximum atomic E-state index is 11.3. The molecule has 1 N–H and O–H groups in total. The molecule has 0 spiro atoms. The summed E-state index contributed by atoms with van der Waals surface area (Å²) in [5.74, 6) is 0.286. The molecular weight excluding hydrogens is 600 g/mol. The summed E-state index contributed by atoms with van der Waals surface area (Å²) in [4.78, 5) is 27.6. The van der Waals surface area contributed by atoms with E-state index in [1.807, 2.05) is 44.2 Å². The van der Waals surface area contributed by atoms with E-state index in [2.05, 4.69) is 72.5 Å². The van der Waals surface area contributed by atoms with Crippen molar-refractivity contribution in [1.29, 1.82) is 0 Å². The lowest BCUT2D eigenvalue weighted by atomic mass is 9.84. The van der Waals surface area contributed by atoms with Crippen molar-refractivity contribution in [2.75, 3.05) is 34.8 Å². The molecule has 1 heterocycles. The summed E-state index contributed by atoms with van der Waals surface area (Å²) in [7, 11) is 0. The van der Waals surface area contributed by atoms with Crippen LogP contribution in [0.2, 0.25) is 0 Å². The van der Waals surface area contributed by atoms with Crippen LogP contribution in [0.4, 0.5) is 17.1 Å². The van der Waals surface area contributed by atoms with E-state index < -0.39 is 18.5 Å². The quantitative estimate of drug-likeness (QED) is 0.0767. The van der Waals surface area contributed by atoms with E-state index in [0.29, 0.717) is 32.4 Å². The second kappa shape index (κ2) is 17.4. The molecular formula is C30H40N16O. The van der Waals surface area contributed by atoms with Crippen molar-refractivity contribution in [1.82, 2.24) is 0 Å². The zero-order valence-corrected chi connectivity index (χ0v) is 26.7. The lowest BCUT2D eigenvalue weighted by Crippen LogP contribution is -2.57. The van der Waals surface area contributed by atoms with Gasteiger partial charge in [-0.1, -0.05) is 70.5 Å². The van der Waals surface area contributed by atoms with Gasteiger partial charge in [-0.25, -0.2) is 0 Å². The lowest BCUT2D eigenvalue weighted by molar-refractivity contribution is 0.304. The highest BCUT2D eigenvalue weighted by Gasteiger charge is 2.41. The molecule has 0 aromatic heterocycles. The third kappa shape index (κ3) is 8.69. The number of fused-ring (bicyclic) bond motifs is 1. The predicted molar refractivity (Wildman–Crippen MR) is 183 cm³/mol. The van der Waals surface area contributed by atoms with Crippen LogP contribution in [-0.4, -0.2) is 44.2 Å². The number of hydrogen-bond acceptors (Lipinski definition) is 9. The Morgan fingerprint density at radius 2 is 1.72 bits per heavy atom. The topological polar surface area (TPSA) is 243 Å². The van der Waals surface area contributed by atoms with Crippen molar-refractivity contribution >= 4 is 17.1 Å². The van der Waals surface area contributed by atoms with Gasteiger partial charge < -0.3 is 15.1 Å². The number of azide groups is 4. The van der Waals surface area contributed by atoms with Gasteiger partial charge in [0.05, 0.1) is 24.0 Å². The Bertz CT molecular complexity index is 1560. The van der Waals surface area contributed by atoms with Crippen molar-refractivity contribution in [2.24, 2.45) is 31.6 Å². The van der Waals surface area contributed by atoms with Crippen LogP contribution in [0.3, 0.4) is 0 Å². The van der Waals surface area contributed by atoms with Crippen molar-refractivity contribution in [3.05, 3.63) is 100 Å². The van der Waals surface area contributed by atoms with Crippen LogP contribution >= 0.6 is 0 Å². The Morgan fingerprint density at radius 3 is 2.40 bits per heavy atom. The molecule has 1 aliphatic carbocycles. The van der Waals surface area contributed by atoms with E-state index in [1.165, 1.54) is 0 Å². The molecule has 0 bridgehead atoms. The molecule has 0 saturated heterocycles. The number of nitrogens with zero attached hydrogens (tertiary/aromatic N) is 15. The van der Waals surface area contributed by atoms with E-state index >= 15 is 0 Å². The SMILES string of the molecule is CCC(N=[N+]=[N-])N(c1ccc(C(C)CN=[N+]=[N-])cc1)C1Nc2cc(CCC(CN=[N+]=[N-])N=O)ccc2N1[C@H]1CCC[C@@H](CN=[N+]=[N-])C1. The lowest BCUT2D eigenvalue weighted by Gasteiger charge is -2.45. The fraction of sp³-hybridized carbons (Fsp3) is 0.600. The normalized spacial score (nSPS) is 20.0. The highest BCUT2D eigenvalue weighted by molar-refractivity contribution is 5.79. The van der Waals surface area contributed by atoms with Gasteiger partial charge in [0, 0.05) is 44.5 Å². The third-order valence-corrected chi connectivity index (χ3v) is 9.02. The summed E-state index contributed by atoms with van der Waals surface area (Å²) in [6.07, 6.45) is 4.43. The first kappa shape index (κ1) is 34.6. The number of anilines is 3. The summed E-state index contributed by atoms with van der Waals surface area (Å²) >= 11 is 0. The molecule has 246 valence electrons. The number of benzene rings is 2. The van der Waals surface area contributed by atoms with Crippen LogP contribution in [0, 0.1) is 10.8 Å². The maximum Gasteiger partial charge on any atom is 0.179 e. The van der Waals surface area contributed by atoms with Crippen molar-refractivity contribution < 1.29 is 0 Å². The number of aryl methyl sites for hydroxylation is 1. The monoisotopic (exact) mass is 640 g/mol. The number of hydrogen-bond donors (Lipinski definition) is 1. The van der Waals surface area contributed by atoms with Crippen molar-refractivity contribution in [2.45, 2.75) is 89.3 Å². The molecule has 47 heavy (non-hydrogen) atoms. The average molecular weight is 641 g/mol. The first-order valence-electron chi connectivity index (χ1n) is 15.9. The second-order valence-corrected chi connectivity index (χ2v) is 12.0. The van der Waals surface area contributed by atoms with Crippen LogP contribution in [-0.2, 0) is 6.42 Å². The zero-order valence-electron chi connectivity index (χ0n) is 26.7. The van der Waals surface area contributed by atoms with Crippen LogP contribution in [0.25, 0.3) is 41.8 Å². The standard InChI is InChI=1S/C30H40N16O/c1-3-29(39-44-34)46(25-12-9-23(10-13-25)20(2)17-35-41-31)30-38-27-16-21(7-11-24(40-47)19-37-43-33)8-14-28(27)45(30)26-6-4-5-22(15-26)18-36-42-32/h8-10,12-14,16,20,22,24,26,29-30,38H,3-7,11,15,17-19H2,1-2H3/t20?,22-,24?,26+,29?,30?/m1/s1. The molecule has 2 aromatic carbocycles. The highest BCUT2D eigenvalue weighted by atomic mass is 16.3. The van der Waals surface area contributed by atoms with E-state index in [1.54, 1.807) is 0 Å². The summed E-state index contributed by atoms with van der Waals surface area (Å²) in [6.45, 7) is 4.80. The van der Waals surface area contributed by atoms with Crippen LogP contribution in [0.15, 0.2) is 68.1 Å². The Labute approximate surface area is 272 Å². The van der Waals surface area contributed by atoms with E-state index in [9.17, 15) is 10.4 Å². The first-order chi connectivity index (χ1) is 23.0. The van der Waals surface area contributed by atoms with Crippen LogP contribution < -0.4 is 15.1 Å². The molecule has 17 heteroatoms. The van der Waals surface area contributed by atoms with Gasteiger partial charge in [0.2, 0.25) is 0 Å². The molecule has 1 fully saturated rings. The van der Waals surface area contributed by atoms with Crippen molar-refractivity contribution in [3.8, 4) is 0 Å².